The van der Waals surface area contributed by atoms with Crippen LogP contribution in [-0.2, 0) is 5.41 Å². The smallest absolute Gasteiger partial charge is 0.120 e. The van der Waals surface area contributed by atoms with Crippen LogP contribution in [0.2, 0.25) is 0 Å². The van der Waals surface area contributed by atoms with E-state index in [1.807, 2.05) is 13.8 Å². The van der Waals surface area contributed by atoms with Gasteiger partial charge < -0.3 is 5.11 Å². The van der Waals surface area contributed by atoms with Crippen molar-refractivity contribution in [3.05, 3.63) is 28.2 Å². The van der Waals surface area contributed by atoms with Crippen molar-refractivity contribution in [2.24, 2.45) is 0 Å². The van der Waals surface area contributed by atoms with E-state index < -0.39 is 5.41 Å². The average molecular weight is 254 g/mol. The van der Waals surface area contributed by atoms with E-state index in [0.717, 1.165) is 4.47 Å². The van der Waals surface area contributed by atoms with Gasteiger partial charge in [0.2, 0.25) is 0 Å². The second-order valence-electron chi connectivity index (χ2n) is 3.46. The van der Waals surface area contributed by atoms with Crippen molar-refractivity contribution >= 4 is 15.9 Å². The van der Waals surface area contributed by atoms with Crippen molar-refractivity contribution in [1.82, 2.24) is 0 Å². The van der Waals surface area contributed by atoms with Crippen LogP contribution in [-0.4, -0.2) is 5.11 Å². The zero-order valence-corrected chi connectivity index (χ0v) is 9.80. The van der Waals surface area contributed by atoms with E-state index in [1.54, 1.807) is 18.2 Å². The molecule has 74 valence electrons. The fraction of sp³-hybridized carbons (Fsp3) is 0.364. The molecule has 1 atom stereocenters. The van der Waals surface area contributed by atoms with E-state index in [2.05, 4.69) is 22.0 Å². The Hall–Kier alpha value is -1.01. The van der Waals surface area contributed by atoms with Crippen molar-refractivity contribution in [3.63, 3.8) is 0 Å². The number of rotatable bonds is 2. The third kappa shape index (κ3) is 1.91. The fourth-order valence-electron chi connectivity index (χ4n) is 1.28. The largest absolute Gasteiger partial charge is 0.508 e. The van der Waals surface area contributed by atoms with Gasteiger partial charge in [-0.15, -0.1) is 0 Å². The van der Waals surface area contributed by atoms with Crippen LogP contribution in [0.25, 0.3) is 0 Å². The number of nitrogens with zero attached hydrogens (tertiary/aromatic N) is 1. The first-order valence-electron chi connectivity index (χ1n) is 4.43. The van der Waals surface area contributed by atoms with Gasteiger partial charge in [0, 0.05) is 10.0 Å². The van der Waals surface area contributed by atoms with Crippen LogP contribution in [0, 0.1) is 11.3 Å². The predicted molar refractivity (Wildman–Crippen MR) is 59.1 cm³/mol. The van der Waals surface area contributed by atoms with Crippen LogP contribution >= 0.6 is 15.9 Å². The molecule has 0 heterocycles. The summed E-state index contributed by atoms with van der Waals surface area (Å²) in [5, 5.41) is 18.7. The molecule has 0 aromatic heterocycles. The molecule has 14 heavy (non-hydrogen) atoms. The van der Waals surface area contributed by atoms with Crippen molar-refractivity contribution in [2.45, 2.75) is 25.7 Å². The molecule has 0 aliphatic heterocycles. The molecular weight excluding hydrogens is 242 g/mol. The Morgan fingerprint density at radius 2 is 2.21 bits per heavy atom. The maximum atomic E-state index is 9.66. The van der Waals surface area contributed by atoms with E-state index in [0.29, 0.717) is 12.0 Å². The number of hydrogen-bond donors (Lipinski definition) is 1. The molecule has 0 saturated carbocycles. The van der Waals surface area contributed by atoms with Gasteiger partial charge >= 0.3 is 0 Å². The van der Waals surface area contributed by atoms with E-state index >= 15 is 0 Å². The zero-order chi connectivity index (χ0) is 10.8. The van der Waals surface area contributed by atoms with Gasteiger partial charge in [0.25, 0.3) is 0 Å². The van der Waals surface area contributed by atoms with Crippen LogP contribution in [0.3, 0.4) is 0 Å². The van der Waals surface area contributed by atoms with E-state index in [4.69, 9.17) is 5.26 Å². The maximum absolute atomic E-state index is 9.66. The summed E-state index contributed by atoms with van der Waals surface area (Å²) in [5.41, 5.74) is 0.0605. The topological polar surface area (TPSA) is 44.0 Å². The van der Waals surface area contributed by atoms with Crippen LogP contribution < -0.4 is 0 Å². The molecule has 3 heteroatoms. The van der Waals surface area contributed by atoms with E-state index in [-0.39, 0.29) is 5.75 Å². The van der Waals surface area contributed by atoms with Crippen LogP contribution in [0.1, 0.15) is 25.8 Å². The number of phenolic OH excluding ortho intramolecular Hbond substituents is 1. The van der Waals surface area contributed by atoms with E-state index in [9.17, 15) is 5.11 Å². The van der Waals surface area contributed by atoms with Crippen LogP contribution in [0.5, 0.6) is 5.75 Å². The normalized spacial score (nSPS) is 14.4. The first-order valence-corrected chi connectivity index (χ1v) is 5.23. The lowest BCUT2D eigenvalue weighted by molar-refractivity contribution is 0.448. The van der Waals surface area contributed by atoms with Gasteiger partial charge in [-0.1, -0.05) is 22.9 Å². The minimum atomic E-state index is -0.617. The fourth-order valence-corrected chi connectivity index (χ4v) is 1.64. The Kier molecular flexibility index (Phi) is 3.17. The highest BCUT2D eigenvalue weighted by atomic mass is 79.9. The summed E-state index contributed by atoms with van der Waals surface area (Å²) in [6.07, 6.45) is 0.674. The number of halogens is 1. The average Bonchev–Trinajstić information content (AvgIpc) is 2.20. The number of nitriles is 1. The number of hydrogen-bond acceptors (Lipinski definition) is 2. The minimum Gasteiger partial charge on any atom is -0.508 e. The molecule has 1 unspecified atom stereocenters. The van der Waals surface area contributed by atoms with Crippen molar-refractivity contribution in [1.29, 1.82) is 5.26 Å². The molecule has 0 aliphatic rings. The lowest BCUT2D eigenvalue weighted by Crippen LogP contribution is -2.18. The van der Waals surface area contributed by atoms with Crippen molar-refractivity contribution < 1.29 is 5.11 Å². The number of phenols is 1. The molecule has 1 aromatic carbocycles. The first kappa shape index (κ1) is 11.1. The molecule has 0 amide bonds. The maximum Gasteiger partial charge on any atom is 0.120 e. The van der Waals surface area contributed by atoms with Gasteiger partial charge in [-0.2, -0.15) is 5.26 Å². The van der Waals surface area contributed by atoms with Gasteiger partial charge in [0.1, 0.15) is 5.75 Å². The van der Waals surface area contributed by atoms with Gasteiger partial charge in [-0.05, 0) is 31.5 Å². The monoisotopic (exact) mass is 253 g/mol. The molecule has 0 bridgehead atoms. The lowest BCUT2D eigenvalue weighted by atomic mass is 9.81. The molecule has 1 N–H and O–H groups in total. The van der Waals surface area contributed by atoms with Gasteiger partial charge in [0.05, 0.1) is 11.5 Å². The Balaban J connectivity index is 3.31. The molecular formula is C11H12BrNO. The summed E-state index contributed by atoms with van der Waals surface area (Å²) in [6, 6.07) is 7.38. The van der Waals surface area contributed by atoms with Gasteiger partial charge in [-0.3, -0.25) is 0 Å². The Morgan fingerprint density at radius 1 is 1.57 bits per heavy atom. The standard InChI is InChI=1S/C11H12BrNO/c1-3-11(2,7-13)9-6-8(12)4-5-10(9)14/h4-6,14H,3H2,1-2H3. The highest BCUT2D eigenvalue weighted by molar-refractivity contribution is 9.10. The summed E-state index contributed by atoms with van der Waals surface area (Å²) < 4.78 is 0.875. The van der Waals surface area contributed by atoms with Crippen molar-refractivity contribution in [3.8, 4) is 11.8 Å². The van der Waals surface area contributed by atoms with Gasteiger partial charge in [0.15, 0.2) is 0 Å². The summed E-state index contributed by atoms with van der Waals surface area (Å²) in [4.78, 5) is 0. The summed E-state index contributed by atoms with van der Waals surface area (Å²) >= 11 is 3.33. The molecule has 2 nitrogen and oxygen atoms in total. The zero-order valence-electron chi connectivity index (χ0n) is 8.21. The van der Waals surface area contributed by atoms with Crippen molar-refractivity contribution in [2.75, 3.05) is 0 Å². The summed E-state index contributed by atoms with van der Waals surface area (Å²) in [5.74, 6) is 0.180. The van der Waals surface area contributed by atoms with Gasteiger partial charge in [-0.25, -0.2) is 0 Å². The Bertz CT molecular complexity index is 383. The summed E-state index contributed by atoms with van der Waals surface area (Å²) in [7, 11) is 0. The molecule has 0 saturated heterocycles. The Morgan fingerprint density at radius 3 is 2.71 bits per heavy atom. The molecule has 0 radical (unpaired) electrons. The third-order valence-electron chi connectivity index (χ3n) is 2.51. The van der Waals surface area contributed by atoms with Crippen LogP contribution in [0.4, 0.5) is 0 Å². The first-order chi connectivity index (χ1) is 6.53. The molecule has 1 rings (SSSR count). The predicted octanol–water partition coefficient (Wildman–Crippen LogP) is 3.35. The molecule has 0 fully saturated rings. The van der Waals surface area contributed by atoms with E-state index in [1.165, 1.54) is 0 Å². The summed E-state index contributed by atoms with van der Waals surface area (Å²) in [6.45, 7) is 3.76. The second kappa shape index (κ2) is 4.02. The highest BCUT2D eigenvalue weighted by Gasteiger charge is 2.27. The SMILES string of the molecule is CCC(C)(C#N)c1cc(Br)ccc1O. The third-order valence-corrected chi connectivity index (χ3v) is 3.00. The lowest BCUT2D eigenvalue weighted by Gasteiger charge is -2.21. The van der Waals surface area contributed by atoms with Crippen LogP contribution in [0.15, 0.2) is 22.7 Å². The number of benzene rings is 1. The second-order valence-corrected chi connectivity index (χ2v) is 4.37. The molecule has 1 aromatic rings. The highest BCUT2D eigenvalue weighted by Crippen LogP contribution is 2.35. The molecule has 0 aliphatic carbocycles. The quantitative estimate of drug-likeness (QED) is 0.879. The Labute approximate surface area is 92.3 Å². The minimum absolute atomic E-state index is 0.180. The molecule has 0 spiro atoms. The number of aromatic hydroxyl groups is 1.